The molecular formula is C11H13N5. The lowest BCUT2D eigenvalue weighted by Gasteiger charge is -2.07. The molecule has 0 amide bonds. The molecule has 2 aromatic rings. The molecule has 0 spiro atoms. The zero-order valence-corrected chi connectivity index (χ0v) is 9.31. The third-order valence-electron chi connectivity index (χ3n) is 2.41. The van der Waals surface area contributed by atoms with Crippen LogP contribution in [0.15, 0.2) is 18.6 Å². The second-order valence-corrected chi connectivity index (χ2v) is 3.44. The Morgan fingerprint density at radius 2 is 2.12 bits per heavy atom. The second kappa shape index (κ2) is 4.22. The van der Waals surface area contributed by atoms with Crippen molar-refractivity contribution in [3.05, 3.63) is 29.8 Å². The van der Waals surface area contributed by atoms with Gasteiger partial charge < -0.3 is 5.73 Å². The number of hydrogen-bond acceptors (Lipinski definition) is 5. The lowest BCUT2D eigenvalue weighted by Crippen LogP contribution is -2.05. The van der Waals surface area contributed by atoms with Crippen molar-refractivity contribution < 1.29 is 0 Å². The fraction of sp³-hybridized carbons (Fsp3) is 0.273. The van der Waals surface area contributed by atoms with E-state index >= 15 is 0 Å². The minimum Gasteiger partial charge on any atom is -0.383 e. The van der Waals surface area contributed by atoms with Gasteiger partial charge in [-0.2, -0.15) is 0 Å². The van der Waals surface area contributed by atoms with Crippen LogP contribution >= 0.6 is 0 Å². The number of nitrogens with two attached hydrogens (primary N) is 1. The van der Waals surface area contributed by atoms with Gasteiger partial charge in [-0.25, -0.2) is 19.9 Å². The van der Waals surface area contributed by atoms with Crippen LogP contribution in [0.3, 0.4) is 0 Å². The first kappa shape index (κ1) is 10.5. The number of rotatable bonds is 2. The van der Waals surface area contributed by atoms with Gasteiger partial charge in [0, 0.05) is 17.5 Å². The highest BCUT2D eigenvalue weighted by atomic mass is 15.0. The van der Waals surface area contributed by atoms with Crippen molar-refractivity contribution >= 4 is 5.82 Å². The highest BCUT2D eigenvalue weighted by Crippen LogP contribution is 2.18. The molecule has 0 radical (unpaired) electrons. The SMILES string of the molecule is CCc1c(C)nc(-c2ccncn2)nc1N. The summed E-state index contributed by atoms with van der Waals surface area (Å²) in [5.41, 5.74) is 8.47. The van der Waals surface area contributed by atoms with Crippen molar-refractivity contribution in [3.8, 4) is 11.5 Å². The molecule has 2 heterocycles. The first-order valence-corrected chi connectivity index (χ1v) is 5.11. The quantitative estimate of drug-likeness (QED) is 0.819. The monoisotopic (exact) mass is 215 g/mol. The van der Waals surface area contributed by atoms with Gasteiger partial charge >= 0.3 is 0 Å². The summed E-state index contributed by atoms with van der Waals surface area (Å²) >= 11 is 0. The third-order valence-corrected chi connectivity index (χ3v) is 2.41. The van der Waals surface area contributed by atoms with Crippen LogP contribution in [0.2, 0.25) is 0 Å². The van der Waals surface area contributed by atoms with Crippen LogP contribution in [0.1, 0.15) is 18.2 Å². The van der Waals surface area contributed by atoms with Crippen LogP contribution in [0.5, 0.6) is 0 Å². The standard InChI is InChI=1S/C11H13N5/c1-3-8-7(2)15-11(16-10(8)12)9-4-5-13-6-14-9/h4-6H,3H2,1-2H3,(H2,12,15,16). The zero-order chi connectivity index (χ0) is 11.5. The fourth-order valence-corrected chi connectivity index (χ4v) is 1.59. The molecule has 0 unspecified atom stereocenters. The summed E-state index contributed by atoms with van der Waals surface area (Å²) < 4.78 is 0. The summed E-state index contributed by atoms with van der Waals surface area (Å²) in [6.07, 6.45) is 3.96. The molecule has 0 saturated heterocycles. The van der Waals surface area contributed by atoms with E-state index < -0.39 is 0 Å². The predicted octanol–water partition coefficient (Wildman–Crippen LogP) is 1.39. The number of nitrogens with zero attached hydrogens (tertiary/aromatic N) is 4. The minimum atomic E-state index is 0.531. The van der Waals surface area contributed by atoms with Crippen molar-refractivity contribution in [2.75, 3.05) is 5.73 Å². The normalized spacial score (nSPS) is 10.4. The first-order valence-electron chi connectivity index (χ1n) is 5.11. The molecule has 0 bridgehead atoms. The summed E-state index contributed by atoms with van der Waals surface area (Å²) in [6, 6.07) is 1.76. The molecule has 5 heteroatoms. The molecule has 0 aliphatic heterocycles. The first-order chi connectivity index (χ1) is 7.72. The Bertz CT molecular complexity index is 472. The van der Waals surface area contributed by atoms with Crippen molar-refractivity contribution in [1.29, 1.82) is 0 Å². The zero-order valence-electron chi connectivity index (χ0n) is 9.31. The highest BCUT2D eigenvalue weighted by molar-refractivity contribution is 5.54. The summed E-state index contributed by atoms with van der Waals surface area (Å²) in [5, 5.41) is 0. The maximum absolute atomic E-state index is 5.88. The van der Waals surface area contributed by atoms with Gasteiger partial charge in [0.25, 0.3) is 0 Å². The fourth-order valence-electron chi connectivity index (χ4n) is 1.59. The van der Waals surface area contributed by atoms with E-state index in [0.29, 0.717) is 17.3 Å². The van der Waals surface area contributed by atoms with Crippen LogP contribution in [-0.2, 0) is 6.42 Å². The highest BCUT2D eigenvalue weighted by Gasteiger charge is 2.09. The Kier molecular flexibility index (Phi) is 2.76. The average Bonchev–Trinajstić information content (AvgIpc) is 2.30. The molecule has 0 aromatic carbocycles. The van der Waals surface area contributed by atoms with E-state index in [2.05, 4.69) is 19.9 Å². The molecule has 2 aromatic heterocycles. The number of hydrogen-bond donors (Lipinski definition) is 1. The van der Waals surface area contributed by atoms with E-state index in [1.165, 1.54) is 6.33 Å². The Labute approximate surface area is 93.8 Å². The maximum atomic E-state index is 5.88. The molecule has 82 valence electrons. The molecule has 0 fully saturated rings. The molecule has 0 aliphatic carbocycles. The Morgan fingerprint density at radius 3 is 2.69 bits per heavy atom. The van der Waals surface area contributed by atoms with Gasteiger partial charge in [-0.3, -0.25) is 0 Å². The molecule has 0 saturated carbocycles. The van der Waals surface area contributed by atoms with E-state index in [9.17, 15) is 0 Å². The van der Waals surface area contributed by atoms with Crippen molar-refractivity contribution in [2.45, 2.75) is 20.3 Å². The van der Waals surface area contributed by atoms with Crippen LogP contribution < -0.4 is 5.73 Å². The Hall–Kier alpha value is -2.04. The molecule has 2 N–H and O–H groups in total. The topological polar surface area (TPSA) is 77.6 Å². The van der Waals surface area contributed by atoms with Gasteiger partial charge in [0.1, 0.15) is 17.8 Å². The molecule has 0 aliphatic rings. The van der Waals surface area contributed by atoms with Crippen LogP contribution in [-0.4, -0.2) is 19.9 Å². The second-order valence-electron chi connectivity index (χ2n) is 3.44. The van der Waals surface area contributed by atoms with Gasteiger partial charge in [0.05, 0.1) is 0 Å². The molecule has 16 heavy (non-hydrogen) atoms. The minimum absolute atomic E-state index is 0.531. The van der Waals surface area contributed by atoms with E-state index in [1.807, 2.05) is 13.8 Å². The smallest absolute Gasteiger partial charge is 0.180 e. The van der Waals surface area contributed by atoms with Gasteiger partial charge in [0.2, 0.25) is 0 Å². The molecular weight excluding hydrogens is 202 g/mol. The predicted molar refractivity (Wildman–Crippen MR) is 61.6 cm³/mol. The molecule has 5 nitrogen and oxygen atoms in total. The Balaban J connectivity index is 2.53. The summed E-state index contributed by atoms with van der Waals surface area (Å²) in [7, 11) is 0. The average molecular weight is 215 g/mol. The van der Waals surface area contributed by atoms with E-state index in [1.54, 1.807) is 12.3 Å². The maximum Gasteiger partial charge on any atom is 0.180 e. The van der Waals surface area contributed by atoms with Crippen LogP contribution in [0, 0.1) is 6.92 Å². The number of aryl methyl sites for hydroxylation is 1. The van der Waals surface area contributed by atoms with E-state index in [4.69, 9.17) is 5.73 Å². The largest absolute Gasteiger partial charge is 0.383 e. The number of anilines is 1. The summed E-state index contributed by atoms with van der Waals surface area (Å²) in [4.78, 5) is 16.6. The lowest BCUT2D eigenvalue weighted by atomic mass is 10.1. The van der Waals surface area contributed by atoms with Gasteiger partial charge in [0.15, 0.2) is 5.82 Å². The van der Waals surface area contributed by atoms with Crippen molar-refractivity contribution in [3.63, 3.8) is 0 Å². The van der Waals surface area contributed by atoms with Crippen molar-refractivity contribution in [1.82, 2.24) is 19.9 Å². The van der Waals surface area contributed by atoms with Crippen molar-refractivity contribution in [2.24, 2.45) is 0 Å². The number of aromatic nitrogens is 4. The summed E-state index contributed by atoms with van der Waals surface area (Å²) in [6.45, 7) is 3.97. The molecule has 2 rings (SSSR count). The third kappa shape index (κ3) is 1.84. The molecule has 0 atom stereocenters. The van der Waals surface area contributed by atoms with E-state index in [-0.39, 0.29) is 0 Å². The van der Waals surface area contributed by atoms with Gasteiger partial charge in [-0.15, -0.1) is 0 Å². The van der Waals surface area contributed by atoms with Crippen LogP contribution in [0.4, 0.5) is 5.82 Å². The summed E-state index contributed by atoms with van der Waals surface area (Å²) in [5.74, 6) is 1.08. The van der Waals surface area contributed by atoms with Gasteiger partial charge in [-0.05, 0) is 19.4 Å². The van der Waals surface area contributed by atoms with Crippen LogP contribution in [0.25, 0.3) is 11.5 Å². The van der Waals surface area contributed by atoms with E-state index in [0.717, 1.165) is 17.7 Å². The number of nitrogen functional groups attached to an aromatic ring is 1. The Morgan fingerprint density at radius 1 is 1.31 bits per heavy atom. The van der Waals surface area contributed by atoms with Gasteiger partial charge in [-0.1, -0.05) is 6.92 Å². The lowest BCUT2D eigenvalue weighted by molar-refractivity contribution is 0.999.